The Hall–Kier alpha value is -3.80. The van der Waals surface area contributed by atoms with Crippen LogP contribution < -0.4 is 9.46 Å². The summed E-state index contributed by atoms with van der Waals surface area (Å²) in [6, 6.07) is 9.65. The first-order chi connectivity index (χ1) is 15.4. The van der Waals surface area contributed by atoms with Gasteiger partial charge in [0.2, 0.25) is 27.7 Å². The van der Waals surface area contributed by atoms with E-state index in [2.05, 4.69) is 19.8 Å². The van der Waals surface area contributed by atoms with Crippen molar-refractivity contribution in [3.05, 3.63) is 55.1 Å². The van der Waals surface area contributed by atoms with E-state index in [1.807, 2.05) is 0 Å². The maximum Gasteiger partial charge on any atom is 0.234 e. The molecule has 4 rings (SSSR count). The number of imide groups is 1. The van der Waals surface area contributed by atoms with Gasteiger partial charge in [0.05, 0.1) is 5.75 Å². The lowest BCUT2D eigenvalue weighted by Crippen LogP contribution is -2.43. The van der Waals surface area contributed by atoms with E-state index in [4.69, 9.17) is 4.74 Å². The number of ether oxygens (including phenoxy) is 1. The van der Waals surface area contributed by atoms with Crippen LogP contribution >= 0.6 is 0 Å². The molecule has 11 nitrogen and oxygen atoms in total. The van der Waals surface area contributed by atoms with Gasteiger partial charge in [-0.1, -0.05) is 0 Å². The van der Waals surface area contributed by atoms with Crippen molar-refractivity contribution in [1.82, 2.24) is 24.6 Å². The molecular weight excluding hydrogens is 436 g/mol. The highest BCUT2D eigenvalue weighted by Gasteiger charge is 2.27. The van der Waals surface area contributed by atoms with Crippen molar-refractivity contribution >= 4 is 27.5 Å². The van der Waals surface area contributed by atoms with Crippen LogP contribution in [0.1, 0.15) is 19.3 Å². The van der Waals surface area contributed by atoms with E-state index in [0.717, 1.165) is 4.90 Å². The summed E-state index contributed by atoms with van der Waals surface area (Å²) in [6.07, 6.45) is 5.75. The Bertz CT molecular complexity index is 1200. The number of piperidine rings is 1. The molecule has 1 saturated heterocycles. The van der Waals surface area contributed by atoms with Crippen LogP contribution in [0.25, 0.3) is 5.82 Å². The van der Waals surface area contributed by atoms with Crippen LogP contribution in [0.5, 0.6) is 11.6 Å². The van der Waals surface area contributed by atoms with Crippen LogP contribution in [-0.2, 0) is 19.6 Å². The van der Waals surface area contributed by atoms with Crippen molar-refractivity contribution in [3.8, 4) is 17.4 Å². The van der Waals surface area contributed by atoms with Gasteiger partial charge in [0.1, 0.15) is 12.1 Å². The Morgan fingerprint density at radius 3 is 2.50 bits per heavy atom. The van der Waals surface area contributed by atoms with E-state index < -0.39 is 10.0 Å². The molecule has 0 spiro atoms. The summed E-state index contributed by atoms with van der Waals surface area (Å²) in [5.41, 5.74) is 0.327. The van der Waals surface area contributed by atoms with E-state index in [0.29, 0.717) is 29.6 Å². The van der Waals surface area contributed by atoms with Gasteiger partial charge in [-0.05, 0) is 36.8 Å². The standard InChI is InChI=1S/C20H20N6O5S/c27-19-3-1-4-20(28)25(19)11-12-32(29,30)24-15-5-7-16(8-6-15)31-18-13-17(21-14-22-18)26-10-2-9-23-26/h2,5-10,13-14,24H,1,3-4,11-12H2. The molecule has 0 unspecified atom stereocenters. The largest absolute Gasteiger partial charge is 0.439 e. The smallest absolute Gasteiger partial charge is 0.234 e. The molecule has 166 valence electrons. The van der Waals surface area contributed by atoms with Crippen molar-refractivity contribution < 1.29 is 22.7 Å². The number of sulfonamides is 1. The number of benzene rings is 1. The molecule has 0 atom stereocenters. The number of carbonyl (C=O) groups is 2. The van der Waals surface area contributed by atoms with Crippen LogP contribution in [0, 0.1) is 0 Å². The lowest BCUT2D eigenvalue weighted by Gasteiger charge is -2.24. The number of nitrogens with zero attached hydrogens (tertiary/aromatic N) is 5. The monoisotopic (exact) mass is 456 g/mol. The van der Waals surface area contributed by atoms with Gasteiger partial charge in [-0.3, -0.25) is 19.2 Å². The number of carbonyl (C=O) groups excluding carboxylic acids is 2. The van der Waals surface area contributed by atoms with Gasteiger partial charge in [0, 0.05) is 43.5 Å². The average Bonchev–Trinajstić information content (AvgIpc) is 3.30. The molecule has 0 radical (unpaired) electrons. The molecule has 1 aliphatic rings. The molecule has 0 saturated carbocycles. The maximum atomic E-state index is 12.4. The lowest BCUT2D eigenvalue weighted by molar-refractivity contribution is -0.147. The molecule has 3 aromatic rings. The number of amides is 2. The third kappa shape index (κ3) is 5.27. The molecule has 32 heavy (non-hydrogen) atoms. The Kier molecular flexibility index (Phi) is 6.12. The molecule has 1 aromatic carbocycles. The summed E-state index contributed by atoms with van der Waals surface area (Å²) in [5, 5.41) is 4.10. The van der Waals surface area contributed by atoms with E-state index in [-0.39, 0.29) is 37.0 Å². The molecule has 12 heteroatoms. The van der Waals surface area contributed by atoms with Crippen LogP contribution in [-0.4, -0.2) is 57.2 Å². The van der Waals surface area contributed by atoms with Gasteiger partial charge in [-0.15, -0.1) is 0 Å². The van der Waals surface area contributed by atoms with Gasteiger partial charge < -0.3 is 4.74 Å². The summed E-state index contributed by atoms with van der Waals surface area (Å²) in [6.45, 7) is -0.166. The molecule has 0 aliphatic carbocycles. The van der Waals surface area contributed by atoms with Crippen molar-refractivity contribution in [1.29, 1.82) is 0 Å². The summed E-state index contributed by atoms with van der Waals surface area (Å²) in [7, 11) is -3.75. The summed E-state index contributed by atoms with van der Waals surface area (Å²) < 4.78 is 34.4. The fraction of sp³-hybridized carbons (Fsp3) is 0.250. The second-order valence-corrected chi connectivity index (χ2v) is 8.85. The van der Waals surface area contributed by atoms with Crippen LogP contribution in [0.2, 0.25) is 0 Å². The predicted molar refractivity (Wildman–Crippen MR) is 114 cm³/mol. The van der Waals surface area contributed by atoms with Gasteiger partial charge >= 0.3 is 0 Å². The van der Waals surface area contributed by atoms with Crippen molar-refractivity contribution in [2.24, 2.45) is 0 Å². The van der Waals surface area contributed by atoms with Gasteiger partial charge in [-0.25, -0.2) is 23.1 Å². The van der Waals surface area contributed by atoms with Crippen molar-refractivity contribution in [2.75, 3.05) is 17.0 Å². The van der Waals surface area contributed by atoms with Gasteiger partial charge in [0.25, 0.3) is 0 Å². The second-order valence-electron chi connectivity index (χ2n) is 7.01. The zero-order valence-corrected chi connectivity index (χ0v) is 17.7. The van der Waals surface area contributed by atoms with Crippen LogP contribution in [0.3, 0.4) is 0 Å². The first-order valence-electron chi connectivity index (χ1n) is 9.83. The first-order valence-corrected chi connectivity index (χ1v) is 11.5. The minimum absolute atomic E-state index is 0.166. The minimum Gasteiger partial charge on any atom is -0.439 e. The average molecular weight is 456 g/mol. The molecule has 1 N–H and O–H groups in total. The van der Waals surface area contributed by atoms with E-state index in [1.165, 1.54) is 6.33 Å². The number of hydrogen-bond donors (Lipinski definition) is 1. The molecule has 0 bridgehead atoms. The second kappa shape index (κ2) is 9.14. The summed E-state index contributed by atoms with van der Waals surface area (Å²) in [5.74, 6) is 0.240. The van der Waals surface area contributed by atoms with Gasteiger partial charge in [0.15, 0.2) is 5.82 Å². The Morgan fingerprint density at radius 2 is 1.81 bits per heavy atom. The highest BCUT2D eigenvalue weighted by Crippen LogP contribution is 2.23. The predicted octanol–water partition coefficient (Wildman–Crippen LogP) is 1.74. The number of aromatic nitrogens is 4. The van der Waals surface area contributed by atoms with E-state index in [1.54, 1.807) is 53.5 Å². The first kappa shape index (κ1) is 21.4. The summed E-state index contributed by atoms with van der Waals surface area (Å²) in [4.78, 5) is 32.8. The number of hydrogen-bond acceptors (Lipinski definition) is 8. The Balaban J connectivity index is 1.36. The molecule has 1 fully saturated rings. The van der Waals surface area contributed by atoms with Crippen molar-refractivity contribution in [3.63, 3.8) is 0 Å². The minimum atomic E-state index is -3.75. The van der Waals surface area contributed by atoms with Crippen LogP contribution in [0.15, 0.2) is 55.1 Å². The molecule has 3 heterocycles. The quantitative estimate of drug-likeness (QED) is 0.506. The van der Waals surface area contributed by atoms with E-state index in [9.17, 15) is 18.0 Å². The van der Waals surface area contributed by atoms with Gasteiger partial charge in [-0.2, -0.15) is 5.10 Å². The van der Waals surface area contributed by atoms with Crippen LogP contribution in [0.4, 0.5) is 5.69 Å². The third-order valence-corrected chi connectivity index (χ3v) is 5.95. The maximum absolute atomic E-state index is 12.4. The zero-order valence-electron chi connectivity index (χ0n) is 16.9. The van der Waals surface area contributed by atoms with Crippen molar-refractivity contribution in [2.45, 2.75) is 19.3 Å². The number of likely N-dealkylation sites (tertiary alicyclic amines) is 1. The number of nitrogens with one attached hydrogen (secondary N) is 1. The fourth-order valence-corrected chi connectivity index (χ4v) is 4.14. The molecule has 2 amide bonds. The number of anilines is 1. The highest BCUT2D eigenvalue weighted by molar-refractivity contribution is 7.92. The molecular formula is C20H20N6O5S. The Labute approximate surface area is 184 Å². The topological polar surface area (TPSA) is 136 Å². The SMILES string of the molecule is O=C1CCCC(=O)N1CCS(=O)(=O)Nc1ccc(Oc2cc(-n3cccn3)ncn2)cc1. The molecule has 1 aliphatic heterocycles. The normalized spacial score (nSPS) is 14.4. The number of rotatable bonds is 8. The summed E-state index contributed by atoms with van der Waals surface area (Å²) >= 11 is 0. The Morgan fingerprint density at radius 1 is 1.06 bits per heavy atom. The lowest BCUT2D eigenvalue weighted by atomic mass is 10.1. The zero-order chi connectivity index (χ0) is 22.6. The fourth-order valence-electron chi connectivity index (χ4n) is 3.12. The third-order valence-electron chi connectivity index (χ3n) is 4.68. The van der Waals surface area contributed by atoms with E-state index >= 15 is 0 Å². The molecule has 2 aromatic heterocycles. The highest BCUT2D eigenvalue weighted by atomic mass is 32.2.